The van der Waals surface area contributed by atoms with Crippen molar-refractivity contribution in [3.05, 3.63) is 375 Å². The van der Waals surface area contributed by atoms with Gasteiger partial charge in [-0.15, -0.1) is 0 Å². The van der Waals surface area contributed by atoms with Crippen molar-refractivity contribution in [2.45, 2.75) is 0 Å². The molecule has 0 heterocycles. The third kappa shape index (κ3) is 10.8. The lowest BCUT2D eigenvalue weighted by atomic mass is 9.88. The quantitative estimate of drug-likeness (QED) is 0.0706. The van der Waals surface area contributed by atoms with Crippen LogP contribution < -0.4 is 19.6 Å². The molecule has 16 aromatic carbocycles. The van der Waals surface area contributed by atoms with Gasteiger partial charge in [0.05, 0.1) is 45.5 Å². The lowest BCUT2D eigenvalue weighted by Gasteiger charge is -2.35. The Morgan fingerprint density at radius 3 is 0.562 bits per heavy atom. The molecule has 0 aliphatic rings. The van der Waals surface area contributed by atoms with Gasteiger partial charge >= 0.3 is 0 Å². The standard InChI is InChI=1S/C88H58F4N4/c89-63-37-45-67(46-38-63)93(79-33-17-13-29-71(79)59-21-5-1-6-22-59)83-57-84(94(68-47-39-64(90)40-48-68)80-34-18-14-30-72(80)60-23-7-2-8-24-60)76-55-56-78-86(96(70-51-43-66(92)44-52-70)82-36-20-16-32-74(82)62-27-11-4-12-28-62)58-85(77-54-53-75(83)87(76)88(77)78)95(69-49-41-65(91)42-50-69)81-35-19-15-31-73(81)61-25-9-3-10-26-61/h1-58H. The van der Waals surface area contributed by atoms with Crippen molar-refractivity contribution in [1.29, 1.82) is 0 Å². The summed E-state index contributed by atoms with van der Waals surface area (Å²) in [5.41, 5.74) is 16.8. The molecule has 0 aromatic heterocycles. The fraction of sp³-hybridized carbons (Fsp3) is 0. The molecular formula is C88H58F4N4. The Morgan fingerprint density at radius 1 is 0.167 bits per heavy atom. The van der Waals surface area contributed by atoms with Crippen LogP contribution in [0.2, 0.25) is 0 Å². The van der Waals surface area contributed by atoms with E-state index in [1.807, 2.05) is 170 Å². The zero-order valence-corrected chi connectivity index (χ0v) is 51.8. The highest BCUT2D eigenvalue weighted by molar-refractivity contribution is 6.33. The molecule has 0 aliphatic carbocycles. The van der Waals surface area contributed by atoms with E-state index in [2.05, 4.69) is 153 Å². The maximum absolute atomic E-state index is 15.7. The summed E-state index contributed by atoms with van der Waals surface area (Å²) in [6, 6.07) is 114. The number of anilines is 12. The topological polar surface area (TPSA) is 13.0 Å². The lowest BCUT2D eigenvalue weighted by Crippen LogP contribution is -2.17. The molecule has 0 fully saturated rings. The van der Waals surface area contributed by atoms with Crippen LogP contribution in [0.3, 0.4) is 0 Å². The number of para-hydroxylation sites is 4. The maximum atomic E-state index is 15.7. The van der Waals surface area contributed by atoms with Crippen molar-refractivity contribution in [1.82, 2.24) is 0 Å². The van der Waals surface area contributed by atoms with Gasteiger partial charge in [-0.1, -0.05) is 218 Å². The van der Waals surface area contributed by atoms with Gasteiger partial charge in [-0.2, -0.15) is 0 Å². The van der Waals surface area contributed by atoms with Crippen LogP contribution in [0.4, 0.5) is 85.8 Å². The summed E-state index contributed by atoms with van der Waals surface area (Å²) >= 11 is 0. The third-order valence-electron chi connectivity index (χ3n) is 18.0. The fourth-order valence-electron chi connectivity index (χ4n) is 13.8. The van der Waals surface area contributed by atoms with Gasteiger partial charge in [0.2, 0.25) is 0 Å². The average molecular weight is 1250 g/mol. The third-order valence-corrected chi connectivity index (χ3v) is 18.0. The molecule has 4 nitrogen and oxygen atoms in total. The molecule has 96 heavy (non-hydrogen) atoms. The van der Waals surface area contributed by atoms with E-state index in [1.54, 1.807) is 0 Å². The van der Waals surface area contributed by atoms with E-state index in [-0.39, 0.29) is 23.3 Å². The molecule has 0 atom stereocenters. The van der Waals surface area contributed by atoms with Crippen molar-refractivity contribution in [3.63, 3.8) is 0 Å². The van der Waals surface area contributed by atoms with E-state index in [1.165, 1.54) is 48.5 Å². The second-order valence-corrected chi connectivity index (χ2v) is 23.7. The maximum Gasteiger partial charge on any atom is 0.123 e. The van der Waals surface area contributed by atoms with Gasteiger partial charge in [0, 0.05) is 77.3 Å². The molecule has 16 aromatic rings. The van der Waals surface area contributed by atoms with E-state index in [9.17, 15) is 0 Å². The number of rotatable bonds is 16. The Bertz CT molecular complexity index is 4770. The Kier molecular flexibility index (Phi) is 15.4. The van der Waals surface area contributed by atoms with Crippen LogP contribution in [0.5, 0.6) is 0 Å². The summed E-state index contributed by atoms with van der Waals surface area (Å²) in [5, 5.41) is 5.17. The molecule has 0 spiro atoms. The summed E-state index contributed by atoms with van der Waals surface area (Å²) in [7, 11) is 0. The zero-order chi connectivity index (χ0) is 64.6. The second-order valence-electron chi connectivity index (χ2n) is 23.7. The van der Waals surface area contributed by atoms with E-state index < -0.39 is 0 Å². The Labute approximate surface area is 554 Å². The summed E-state index contributed by atoms with van der Waals surface area (Å²) in [4.78, 5) is 8.92. The molecule has 0 saturated heterocycles. The monoisotopic (exact) mass is 1250 g/mol. The molecule has 0 bridgehead atoms. The number of hydrogen-bond donors (Lipinski definition) is 0. The van der Waals surface area contributed by atoms with E-state index in [0.29, 0.717) is 22.7 Å². The number of hydrogen-bond acceptors (Lipinski definition) is 4. The van der Waals surface area contributed by atoms with Crippen molar-refractivity contribution in [2.75, 3.05) is 19.6 Å². The van der Waals surface area contributed by atoms with Crippen LogP contribution in [0.25, 0.3) is 76.8 Å². The van der Waals surface area contributed by atoms with Crippen LogP contribution in [0, 0.1) is 23.3 Å². The Hall–Kier alpha value is -12.5. The number of halogens is 4. The highest BCUT2D eigenvalue weighted by Crippen LogP contribution is 2.57. The Balaban J connectivity index is 1.12. The number of benzene rings is 16. The minimum absolute atomic E-state index is 0.384. The smallest absolute Gasteiger partial charge is 0.123 e. The van der Waals surface area contributed by atoms with Crippen molar-refractivity contribution >= 4 is 101 Å². The van der Waals surface area contributed by atoms with Gasteiger partial charge in [-0.05, 0) is 156 Å². The van der Waals surface area contributed by atoms with Crippen molar-refractivity contribution < 1.29 is 17.6 Å². The minimum Gasteiger partial charge on any atom is -0.309 e. The molecule has 0 amide bonds. The predicted octanol–water partition coefficient (Wildman–Crippen LogP) is 25.7. The van der Waals surface area contributed by atoms with Crippen LogP contribution >= 0.6 is 0 Å². The van der Waals surface area contributed by atoms with Crippen LogP contribution in [-0.4, -0.2) is 0 Å². The van der Waals surface area contributed by atoms with Crippen LogP contribution in [0.1, 0.15) is 0 Å². The molecule has 16 rings (SSSR count). The van der Waals surface area contributed by atoms with Gasteiger partial charge < -0.3 is 19.6 Å². The average Bonchev–Trinajstić information content (AvgIpc) is 0.699. The molecule has 458 valence electrons. The second kappa shape index (κ2) is 25.2. The highest BCUT2D eigenvalue weighted by atomic mass is 19.1. The highest BCUT2D eigenvalue weighted by Gasteiger charge is 2.32. The lowest BCUT2D eigenvalue weighted by molar-refractivity contribution is 0.627. The predicted molar refractivity (Wildman–Crippen MR) is 390 cm³/mol. The van der Waals surface area contributed by atoms with Gasteiger partial charge in [-0.3, -0.25) is 0 Å². The molecule has 0 saturated carbocycles. The van der Waals surface area contributed by atoms with Crippen molar-refractivity contribution in [2.24, 2.45) is 0 Å². The largest absolute Gasteiger partial charge is 0.309 e. The van der Waals surface area contributed by atoms with E-state index >= 15 is 17.6 Å². The van der Waals surface area contributed by atoms with Gasteiger partial charge in [-0.25, -0.2) is 17.6 Å². The molecule has 8 heteroatoms. The summed E-state index contributed by atoms with van der Waals surface area (Å²) in [6.07, 6.45) is 0. The summed E-state index contributed by atoms with van der Waals surface area (Å²) in [5.74, 6) is -1.54. The Morgan fingerprint density at radius 2 is 0.354 bits per heavy atom. The molecular weight excluding hydrogens is 1190 g/mol. The van der Waals surface area contributed by atoms with E-state index in [4.69, 9.17) is 0 Å². The fourth-order valence-corrected chi connectivity index (χ4v) is 13.8. The molecule has 0 unspecified atom stereocenters. The first-order valence-corrected chi connectivity index (χ1v) is 31.9. The summed E-state index contributed by atoms with van der Waals surface area (Å²) < 4.78 is 62.6. The van der Waals surface area contributed by atoms with Crippen LogP contribution in [-0.2, 0) is 0 Å². The molecule has 0 aliphatic heterocycles. The first kappa shape index (κ1) is 58.6. The normalized spacial score (nSPS) is 11.3. The van der Waals surface area contributed by atoms with Gasteiger partial charge in [0.15, 0.2) is 0 Å². The first-order chi connectivity index (χ1) is 47.3. The van der Waals surface area contributed by atoms with Crippen molar-refractivity contribution in [3.8, 4) is 44.5 Å². The minimum atomic E-state index is -0.384. The van der Waals surface area contributed by atoms with Crippen LogP contribution in [0.15, 0.2) is 352 Å². The van der Waals surface area contributed by atoms with E-state index in [0.717, 1.165) is 122 Å². The summed E-state index contributed by atoms with van der Waals surface area (Å²) in [6.45, 7) is 0. The molecule has 0 radical (unpaired) electrons. The number of nitrogens with zero attached hydrogens (tertiary/aromatic N) is 4. The van der Waals surface area contributed by atoms with Gasteiger partial charge in [0.25, 0.3) is 0 Å². The zero-order valence-electron chi connectivity index (χ0n) is 51.8. The first-order valence-electron chi connectivity index (χ1n) is 31.9. The van der Waals surface area contributed by atoms with Gasteiger partial charge in [0.1, 0.15) is 23.3 Å². The molecule has 0 N–H and O–H groups in total. The SMILES string of the molecule is Fc1ccc(N(c2ccccc2-c2ccccc2)c2cc(N(c3ccc(F)cc3)c3ccccc3-c3ccccc3)c3ccc4c(N(c5ccc(F)cc5)c5ccccc5-c5ccccc5)cc(N(c5ccc(F)cc5)c5ccccc5-c5ccccc5)c5ccc2c3c54)cc1.